The number of amides is 1. The summed E-state index contributed by atoms with van der Waals surface area (Å²) in [6.07, 6.45) is 0.315. The number of aromatic nitrogens is 2. The second-order valence-corrected chi connectivity index (χ2v) is 5.95. The smallest absolute Gasteiger partial charge is 0.419 e. The molecule has 1 N–H and O–H groups in total. The van der Waals surface area contributed by atoms with Gasteiger partial charge < -0.3 is 10.1 Å². The molecule has 0 saturated carbocycles. The third-order valence-electron chi connectivity index (χ3n) is 3.87. The van der Waals surface area contributed by atoms with E-state index in [9.17, 15) is 18.0 Å². The molecule has 0 aliphatic carbocycles. The van der Waals surface area contributed by atoms with E-state index in [0.717, 1.165) is 17.7 Å². The average molecular weight is 399 g/mol. The molecule has 1 heterocycles. The number of carbonyl (C=O) groups is 1. The minimum absolute atomic E-state index is 0.236. The summed E-state index contributed by atoms with van der Waals surface area (Å²) in [5.41, 5.74) is 0.301. The van der Waals surface area contributed by atoms with Crippen LogP contribution in [0.15, 0.2) is 73.6 Å². The van der Waals surface area contributed by atoms with Crippen molar-refractivity contribution in [1.29, 1.82) is 0 Å². The summed E-state index contributed by atoms with van der Waals surface area (Å²) in [5, 5.41) is 2.63. The number of nitrogens with one attached hydrogen (secondary N) is 1. The van der Waals surface area contributed by atoms with Gasteiger partial charge in [0.15, 0.2) is 5.69 Å². The van der Waals surface area contributed by atoms with Crippen LogP contribution in [0.25, 0.3) is 0 Å². The molecule has 0 aliphatic heterocycles. The molecule has 0 aliphatic rings. The lowest BCUT2D eigenvalue weighted by Crippen LogP contribution is -2.16. The van der Waals surface area contributed by atoms with Gasteiger partial charge in [0.2, 0.25) is 0 Å². The number of para-hydroxylation sites is 1. The Morgan fingerprint density at radius 2 is 1.76 bits per heavy atom. The molecule has 0 unspecified atom stereocenters. The molecule has 8 heteroatoms. The summed E-state index contributed by atoms with van der Waals surface area (Å²) in [7, 11) is 0. The van der Waals surface area contributed by atoms with Crippen LogP contribution < -0.4 is 10.1 Å². The number of carbonyl (C=O) groups excluding carboxylic acids is 1. The van der Waals surface area contributed by atoms with Gasteiger partial charge in [-0.2, -0.15) is 13.2 Å². The normalized spacial score (nSPS) is 11.0. The van der Waals surface area contributed by atoms with Crippen LogP contribution in [0.3, 0.4) is 0 Å². The Kier molecular flexibility index (Phi) is 5.92. The molecule has 3 aromatic rings. The van der Waals surface area contributed by atoms with Crippen molar-refractivity contribution in [3.05, 3.63) is 90.4 Å². The minimum Gasteiger partial charge on any atom is -0.436 e. The summed E-state index contributed by atoms with van der Waals surface area (Å²) in [4.78, 5) is 20.4. The summed E-state index contributed by atoms with van der Waals surface area (Å²) in [5.74, 6) is -1.46. The number of hydrogen-bond acceptors (Lipinski definition) is 4. The average Bonchev–Trinajstić information content (AvgIpc) is 2.70. The SMILES string of the molecule is C=CCc1ccc(NC(=O)c2nccnc2Oc2ccccc2C(F)(F)F)cc1. The summed E-state index contributed by atoms with van der Waals surface area (Å²) >= 11 is 0. The number of nitrogens with zero attached hydrogens (tertiary/aromatic N) is 2. The highest BCUT2D eigenvalue weighted by Gasteiger charge is 2.34. The largest absolute Gasteiger partial charge is 0.436 e. The van der Waals surface area contributed by atoms with Crippen molar-refractivity contribution in [2.75, 3.05) is 5.32 Å². The first kappa shape index (κ1) is 20.1. The Morgan fingerprint density at radius 1 is 1.07 bits per heavy atom. The number of ether oxygens (including phenoxy) is 1. The van der Waals surface area contributed by atoms with Crippen molar-refractivity contribution in [2.24, 2.45) is 0 Å². The van der Waals surface area contributed by atoms with Crippen LogP contribution in [0, 0.1) is 0 Å². The monoisotopic (exact) mass is 399 g/mol. The first-order valence-electron chi connectivity index (χ1n) is 8.55. The molecule has 0 fully saturated rings. The van der Waals surface area contributed by atoms with Crippen LogP contribution >= 0.6 is 0 Å². The van der Waals surface area contributed by atoms with Crippen molar-refractivity contribution in [1.82, 2.24) is 9.97 Å². The number of anilines is 1. The molecular formula is C21H16F3N3O2. The summed E-state index contributed by atoms with van der Waals surface area (Å²) in [6.45, 7) is 3.66. The van der Waals surface area contributed by atoms with E-state index in [-0.39, 0.29) is 11.6 Å². The zero-order valence-corrected chi connectivity index (χ0v) is 15.1. The maximum absolute atomic E-state index is 13.2. The number of allylic oxidation sites excluding steroid dienone is 1. The van der Waals surface area contributed by atoms with Gasteiger partial charge >= 0.3 is 6.18 Å². The Bertz CT molecular complexity index is 1020. The van der Waals surface area contributed by atoms with Gasteiger partial charge in [-0.05, 0) is 36.2 Å². The van der Waals surface area contributed by atoms with Crippen molar-refractivity contribution < 1.29 is 22.7 Å². The molecule has 0 radical (unpaired) electrons. The zero-order valence-electron chi connectivity index (χ0n) is 15.1. The Morgan fingerprint density at radius 3 is 2.45 bits per heavy atom. The molecule has 0 bridgehead atoms. The van der Waals surface area contributed by atoms with Crippen LogP contribution in [0.2, 0.25) is 0 Å². The fraction of sp³-hybridized carbons (Fsp3) is 0.0952. The predicted molar refractivity (Wildman–Crippen MR) is 102 cm³/mol. The molecule has 2 aromatic carbocycles. The third-order valence-corrected chi connectivity index (χ3v) is 3.87. The molecular weight excluding hydrogens is 383 g/mol. The van der Waals surface area contributed by atoms with Gasteiger partial charge in [0, 0.05) is 18.1 Å². The molecule has 3 rings (SSSR count). The molecule has 5 nitrogen and oxygen atoms in total. The van der Waals surface area contributed by atoms with Crippen LogP contribution in [0.5, 0.6) is 11.6 Å². The first-order valence-corrected chi connectivity index (χ1v) is 8.55. The molecule has 1 amide bonds. The van der Waals surface area contributed by atoms with Crippen molar-refractivity contribution in [3.63, 3.8) is 0 Å². The fourth-order valence-corrected chi connectivity index (χ4v) is 2.53. The highest BCUT2D eigenvalue weighted by molar-refractivity contribution is 6.04. The van der Waals surface area contributed by atoms with Crippen LogP contribution in [-0.2, 0) is 12.6 Å². The van der Waals surface area contributed by atoms with Gasteiger partial charge in [-0.15, -0.1) is 6.58 Å². The van der Waals surface area contributed by atoms with E-state index in [0.29, 0.717) is 12.1 Å². The first-order chi connectivity index (χ1) is 13.9. The predicted octanol–water partition coefficient (Wildman–Crippen LogP) is 5.27. The van der Waals surface area contributed by atoms with E-state index < -0.39 is 23.4 Å². The summed E-state index contributed by atoms with van der Waals surface area (Å²) < 4.78 is 44.9. The van der Waals surface area contributed by atoms with E-state index >= 15 is 0 Å². The second-order valence-electron chi connectivity index (χ2n) is 5.95. The zero-order chi connectivity index (χ0) is 20.9. The van der Waals surface area contributed by atoms with E-state index in [1.807, 2.05) is 12.1 Å². The highest BCUT2D eigenvalue weighted by atomic mass is 19.4. The third kappa shape index (κ3) is 4.98. The lowest BCUT2D eigenvalue weighted by atomic mass is 10.1. The Balaban J connectivity index is 1.84. The van der Waals surface area contributed by atoms with Gasteiger partial charge in [0.1, 0.15) is 5.75 Å². The van der Waals surface area contributed by atoms with Crippen LogP contribution in [0.1, 0.15) is 21.6 Å². The van der Waals surface area contributed by atoms with E-state index in [4.69, 9.17) is 4.74 Å². The van der Waals surface area contributed by atoms with Gasteiger partial charge in [-0.25, -0.2) is 9.97 Å². The lowest BCUT2D eigenvalue weighted by molar-refractivity contribution is -0.138. The molecule has 1 aromatic heterocycles. The number of alkyl halides is 3. The maximum atomic E-state index is 13.2. The molecule has 29 heavy (non-hydrogen) atoms. The fourth-order valence-electron chi connectivity index (χ4n) is 2.53. The molecule has 0 spiro atoms. The van der Waals surface area contributed by atoms with Gasteiger partial charge in [-0.1, -0.05) is 30.3 Å². The number of halogens is 3. The number of benzene rings is 2. The summed E-state index contributed by atoms with van der Waals surface area (Å²) in [6, 6.07) is 11.7. The van der Waals surface area contributed by atoms with Gasteiger partial charge in [-0.3, -0.25) is 4.79 Å². The topological polar surface area (TPSA) is 64.1 Å². The van der Waals surface area contributed by atoms with Crippen LogP contribution in [0.4, 0.5) is 18.9 Å². The van der Waals surface area contributed by atoms with Crippen LogP contribution in [-0.4, -0.2) is 15.9 Å². The van der Waals surface area contributed by atoms with E-state index in [1.54, 1.807) is 18.2 Å². The Hall–Kier alpha value is -3.68. The second kappa shape index (κ2) is 8.55. The maximum Gasteiger partial charge on any atom is 0.419 e. The molecule has 148 valence electrons. The van der Waals surface area contributed by atoms with Gasteiger partial charge in [0.05, 0.1) is 5.56 Å². The Labute approximate surface area is 164 Å². The lowest BCUT2D eigenvalue weighted by Gasteiger charge is -2.14. The molecule has 0 atom stereocenters. The minimum atomic E-state index is -4.62. The standard InChI is InChI=1S/C21H16F3N3O2/c1-2-5-14-8-10-15(11-9-14)27-19(28)18-20(26-13-12-25-18)29-17-7-4-3-6-16(17)21(22,23)24/h2-4,6-13H,1,5H2,(H,27,28). The van der Waals surface area contributed by atoms with Crippen molar-refractivity contribution in [2.45, 2.75) is 12.6 Å². The quantitative estimate of drug-likeness (QED) is 0.574. The van der Waals surface area contributed by atoms with Crippen molar-refractivity contribution >= 4 is 11.6 Å². The van der Waals surface area contributed by atoms with Gasteiger partial charge in [0.25, 0.3) is 11.8 Å². The van der Waals surface area contributed by atoms with E-state index in [1.165, 1.54) is 24.5 Å². The number of hydrogen-bond donors (Lipinski definition) is 1. The van der Waals surface area contributed by atoms with Crippen molar-refractivity contribution in [3.8, 4) is 11.6 Å². The number of rotatable bonds is 6. The molecule has 0 saturated heterocycles. The highest BCUT2D eigenvalue weighted by Crippen LogP contribution is 2.37. The van der Waals surface area contributed by atoms with E-state index in [2.05, 4.69) is 21.9 Å².